The fourth-order valence-corrected chi connectivity index (χ4v) is 2.25. The first-order valence-electron chi connectivity index (χ1n) is 7.57. The number of nitrogens with zero attached hydrogens (tertiary/aromatic N) is 2. The van der Waals surface area contributed by atoms with Gasteiger partial charge in [0.25, 0.3) is 0 Å². The van der Waals surface area contributed by atoms with Crippen LogP contribution in [0.1, 0.15) is 33.6 Å². The standard InChI is InChI=1S/C15H29N3O3/c1-15(2,3)21-14(20)18-8-6-12(7-9-18)10-16-13(19)11-17(4)5/h12H,6-11H2,1-5H3,(H,16,19). The van der Waals surface area contributed by atoms with Gasteiger partial charge in [0.05, 0.1) is 6.54 Å². The van der Waals surface area contributed by atoms with Gasteiger partial charge in [-0.2, -0.15) is 0 Å². The average molecular weight is 299 g/mol. The van der Waals surface area contributed by atoms with Crippen LogP contribution in [-0.2, 0) is 9.53 Å². The molecule has 1 saturated heterocycles. The summed E-state index contributed by atoms with van der Waals surface area (Å²) < 4.78 is 5.37. The molecule has 1 aliphatic heterocycles. The van der Waals surface area contributed by atoms with Crippen molar-refractivity contribution < 1.29 is 14.3 Å². The lowest BCUT2D eigenvalue weighted by Gasteiger charge is -2.33. The number of amides is 2. The molecule has 1 N–H and O–H groups in total. The molecule has 0 atom stereocenters. The van der Waals surface area contributed by atoms with Crippen molar-refractivity contribution in [3.05, 3.63) is 0 Å². The van der Waals surface area contributed by atoms with Crippen LogP contribution in [-0.4, -0.2) is 67.7 Å². The van der Waals surface area contributed by atoms with E-state index < -0.39 is 5.60 Å². The maximum absolute atomic E-state index is 11.9. The molecular weight excluding hydrogens is 270 g/mol. The summed E-state index contributed by atoms with van der Waals surface area (Å²) in [5.74, 6) is 0.490. The molecule has 0 aromatic heterocycles. The first-order valence-corrected chi connectivity index (χ1v) is 7.57. The van der Waals surface area contributed by atoms with Crippen LogP contribution in [0.25, 0.3) is 0 Å². The average Bonchev–Trinajstić information content (AvgIpc) is 2.34. The van der Waals surface area contributed by atoms with Gasteiger partial charge in [-0.25, -0.2) is 4.79 Å². The van der Waals surface area contributed by atoms with E-state index in [2.05, 4.69) is 5.32 Å². The number of hydrogen-bond donors (Lipinski definition) is 1. The van der Waals surface area contributed by atoms with Gasteiger partial charge < -0.3 is 19.9 Å². The number of ether oxygens (including phenoxy) is 1. The minimum absolute atomic E-state index is 0.0505. The molecule has 2 amide bonds. The summed E-state index contributed by atoms with van der Waals surface area (Å²) in [6.45, 7) is 8.12. The molecular formula is C15H29N3O3. The zero-order chi connectivity index (χ0) is 16.0. The third kappa shape index (κ3) is 7.32. The lowest BCUT2D eigenvalue weighted by molar-refractivity contribution is -0.121. The van der Waals surface area contributed by atoms with Gasteiger partial charge in [0.1, 0.15) is 5.60 Å². The molecule has 6 heteroatoms. The Labute approximate surface area is 127 Å². The van der Waals surface area contributed by atoms with Gasteiger partial charge >= 0.3 is 6.09 Å². The maximum Gasteiger partial charge on any atom is 0.410 e. The zero-order valence-corrected chi connectivity index (χ0v) is 13.9. The van der Waals surface area contributed by atoms with Gasteiger partial charge in [-0.1, -0.05) is 0 Å². The van der Waals surface area contributed by atoms with Crippen molar-refractivity contribution in [2.75, 3.05) is 40.3 Å². The molecule has 1 fully saturated rings. The van der Waals surface area contributed by atoms with Crippen molar-refractivity contribution in [1.29, 1.82) is 0 Å². The minimum Gasteiger partial charge on any atom is -0.444 e. The van der Waals surface area contributed by atoms with Gasteiger partial charge in [-0.15, -0.1) is 0 Å². The van der Waals surface area contributed by atoms with E-state index in [1.807, 2.05) is 39.8 Å². The van der Waals surface area contributed by atoms with Gasteiger partial charge in [0.15, 0.2) is 0 Å². The summed E-state index contributed by atoms with van der Waals surface area (Å²) >= 11 is 0. The van der Waals surface area contributed by atoms with Crippen LogP contribution in [0.15, 0.2) is 0 Å². The van der Waals surface area contributed by atoms with E-state index in [4.69, 9.17) is 4.74 Å². The minimum atomic E-state index is -0.450. The Morgan fingerprint density at radius 3 is 2.29 bits per heavy atom. The predicted molar refractivity (Wildman–Crippen MR) is 82.1 cm³/mol. The highest BCUT2D eigenvalue weighted by Gasteiger charge is 2.26. The molecule has 0 unspecified atom stereocenters. The van der Waals surface area contributed by atoms with Crippen LogP contribution in [0.3, 0.4) is 0 Å². The van der Waals surface area contributed by atoms with Gasteiger partial charge in [0.2, 0.25) is 5.91 Å². The molecule has 1 aliphatic rings. The zero-order valence-electron chi connectivity index (χ0n) is 13.9. The molecule has 0 spiro atoms. The van der Waals surface area contributed by atoms with Crippen LogP contribution in [0.4, 0.5) is 4.79 Å². The topological polar surface area (TPSA) is 61.9 Å². The molecule has 122 valence electrons. The second-order valence-electron chi connectivity index (χ2n) is 6.95. The van der Waals surface area contributed by atoms with Crippen molar-refractivity contribution in [3.63, 3.8) is 0 Å². The summed E-state index contributed by atoms with van der Waals surface area (Å²) in [7, 11) is 3.75. The first-order chi connectivity index (χ1) is 9.67. The van der Waals surface area contributed by atoms with Crippen LogP contribution in [0, 0.1) is 5.92 Å². The molecule has 21 heavy (non-hydrogen) atoms. The highest BCUT2D eigenvalue weighted by molar-refractivity contribution is 5.77. The van der Waals surface area contributed by atoms with E-state index in [1.165, 1.54) is 0 Å². The maximum atomic E-state index is 11.9. The van der Waals surface area contributed by atoms with Crippen molar-refractivity contribution in [3.8, 4) is 0 Å². The summed E-state index contributed by atoms with van der Waals surface area (Å²) in [6, 6.07) is 0. The summed E-state index contributed by atoms with van der Waals surface area (Å²) in [5.41, 5.74) is -0.450. The van der Waals surface area contributed by atoms with E-state index in [-0.39, 0.29) is 12.0 Å². The van der Waals surface area contributed by atoms with Crippen molar-refractivity contribution in [2.45, 2.75) is 39.2 Å². The fourth-order valence-electron chi connectivity index (χ4n) is 2.25. The van der Waals surface area contributed by atoms with Gasteiger partial charge in [0, 0.05) is 19.6 Å². The van der Waals surface area contributed by atoms with Crippen molar-refractivity contribution in [1.82, 2.24) is 15.1 Å². The molecule has 0 radical (unpaired) electrons. The molecule has 0 aromatic carbocycles. The Hall–Kier alpha value is -1.30. The first kappa shape index (κ1) is 17.8. The Balaban J connectivity index is 2.26. The fraction of sp³-hybridized carbons (Fsp3) is 0.867. The molecule has 1 rings (SSSR count). The highest BCUT2D eigenvalue weighted by atomic mass is 16.6. The van der Waals surface area contributed by atoms with Crippen molar-refractivity contribution in [2.24, 2.45) is 5.92 Å². The van der Waals surface area contributed by atoms with Crippen LogP contribution >= 0.6 is 0 Å². The third-order valence-corrected chi connectivity index (χ3v) is 3.31. The molecule has 1 heterocycles. The number of likely N-dealkylation sites (tertiary alicyclic amines) is 1. The smallest absolute Gasteiger partial charge is 0.410 e. The number of nitrogens with one attached hydrogen (secondary N) is 1. The monoisotopic (exact) mass is 299 g/mol. The van der Waals surface area contributed by atoms with E-state index in [0.717, 1.165) is 12.8 Å². The summed E-state index contributed by atoms with van der Waals surface area (Å²) in [4.78, 5) is 27.1. The SMILES string of the molecule is CN(C)CC(=O)NCC1CCN(C(=O)OC(C)(C)C)CC1. The quantitative estimate of drug-likeness (QED) is 0.850. The largest absolute Gasteiger partial charge is 0.444 e. The van der Waals surface area contributed by atoms with Crippen LogP contribution in [0.5, 0.6) is 0 Å². The molecule has 0 aliphatic carbocycles. The predicted octanol–water partition coefficient (Wildman–Crippen LogP) is 1.31. The van der Waals surface area contributed by atoms with E-state index >= 15 is 0 Å². The van der Waals surface area contributed by atoms with E-state index in [0.29, 0.717) is 32.1 Å². The lowest BCUT2D eigenvalue weighted by atomic mass is 9.97. The summed E-state index contributed by atoms with van der Waals surface area (Å²) in [6.07, 6.45) is 1.57. The highest BCUT2D eigenvalue weighted by Crippen LogP contribution is 2.19. The Kier molecular flexibility index (Phi) is 6.45. The molecule has 0 bridgehead atoms. The molecule has 0 aromatic rings. The van der Waals surface area contributed by atoms with Crippen molar-refractivity contribution >= 4 is 12.0 Å². The molecule has 0 saturated carbocycles. The Morgan fingerprint density at radius 2 is 1.81 bits per heavy atom. The number of likely N-dealkylation sites (N-methyl/N-ethyl adjacent to an activating group) is 1. The second kappa shape index (κ2) is 7.64. The summed E-state index contributed by atoms with van der Waals surface area (Å²) in [5, 5.41) is 2.95. The number of piperidine rings is 1. The normalized spacial score (nSPS) is 17.0. The Bertz CT molecular complexity index is 356. The molecule has 6 nitrogen and oxygen atoms in total. The number of carbonyl (C=O) groups is 2. The number of carbonyl (C=O) groups excluding carboxylic acids is 2. The second-order valence-corrected chi connectivity index (χ2v) is 6.95. The van der Waals surface area contributed by atoms with E-state index in [1.54, 1.807) is 4.90 Å². The van der Waals surface area contributed by atoms with Gasteiger partial charge in [-0.05, 0) is 53.6 Å². The Morgan fingerprint density at radius 1 is 1.24 bits per heavy atom. The number of rotatable bonds is 4. The van der Waals surface area contributed by atoms with Crippen LogP contribution < -0.4 is 5.32 Å². The third-order valence-electron chi connectivity index (χ3n) is 3.31. The van der Waals surface area contributed by atoms with E-state index in [9.17, 15) is 9.59 Å². The lowest BCUT2D eigenvalue weighted by Crippen LogP contribution is -2.44. The number of hydrogen-bond acceptors (Lipinski definition) is 4. The van der Waals surface area contributed by atoms with Crippen LogP contribution in [0.2, 0.25) is 0 Å². The van der Waals surface area contributed by atoms with Gasteiger partial charge in [-0.3, -0.25) is 4.79 Å².